The first-order chi connectivity index (χ1) is 15.5. The van der Waals surface area contributed by atoms with Crippen molar-refractivity contribution in [3.63, 3.8) is 0 Å². The van der Waals surface area contributed by atoms with Crippen molar-refractivity contribution in [3.05, 3.63) is 22.0 Å². The molecule has 2 fully saturated rings. The van der Waals surface area contributed by atoms with Crippen molar-refractivity contribution >= 4 is 16.9 Å². The highest BCUT2D eigenvalue weighted by molar-refractivity contribution is 5.86. The van der Waals surface area contributed by atoms with Crippen LogP contribution < -0.4 is 19.9 Å². The summed E-state index contributed by atoms with van der Waals surface area (Å²) >= 11 is 0. The number of nitrogens with zero attached hydrogens (tertiary/aromatic N) is 3. The summed E-state index contributed by atoms with van der Waals surface area (Å²) in [5.74, 6) is 2.55. The van der Waals surface area contributed by atoms with E-state index in [9.17, 15) is 4.79 Å². The lowest BCUT2D eigenvalue weighted by Crippen LogP contribution is -2.38. The Labute approximate surface area is 189 Å². The van der Waals surface area contributed by atoms with Crippen LogP contribution in [-0.4, -0.2) is 75.0 Å². The van der Waals surface area contributed by atoms with E-state index < -0.39 is 0 Å². The minimum Gasteiger partial charge on any atom is -0.493 e. The molecule has 0 amide bonds. The van der Waals surface area contributed by atoms with Crippen LogP contribution >= 0.6 is 0 Å². The van der Waals surface area contributed by atoms with Crippen LogP contribution in [0.1, 0.15) is 37.7 Å². The molecule has 2 aliphatic heterocycles. The number of likely N-dealkylation sites (tertiary alicyclic amines) is 1. The molecule has 4 rings (SSSR count). The minimum absolute atomic E-state index is 0.229. The fraction of sp³-hybridized carbons (Fsp3) is 0.667. The Balaban J connectivity index is 1.42. The van der Waals surface area contributed by atoms with E-state index >= 15 is 0 Å². The molecule has 0 spiro atoms. The third-order valence-electron chi connectivity index (χ3n) is 7.17. The fourth-order valence-corrected chi connectivity index (χ4v) is 5.35. The first-order valence-electron chi connectivity index (χ1n) is 11.7. The molecule has 0 radical (unpaired) electrons. The van der Waals surface area contributed by atoms with Gasteiger partial charge in [0, 0.05) is 37.9 Å². The van der Waals surface area contributed by atoms with E-state index in [1.165, 1.54) is 25.8 Å². The molecule has 0 saturated carbocycles. The quantitative estimate of drug-likeness (QED) is 0.670. The van der Waals surface area contributed by atoms with Gasteiger partial charge in [-0.1, -0.05) is 0 Å². The Kier molecular flexibility index (Phi) is 7.20. The van der Waals surface area contributed by atoms with Crippen LogP contribution in [0.25, 0.3) is 10.9 Å². The Hall–Kier alpha value is -2.32. The molecule has 2 saturated heterocycles. The Morgan fingerprint density at radius 2 is 1.91 bits per heavy atom. The summed E-state index contributed by atoms with van der Waals surface area (Å²) in [5.41, 5.74) is 1.25. The number of anilines is 1. The van der Waals surface area contributed by atoms with Gasteiger partial charge in [-0.3, -0.25) is 9.69 Å². The lowest BCUT2D eigenvalue weighted by atomic mass is 9.93. The van der Waals surface area contributed by atoms with Crippen molar-refractivity contribution in [2.45, 2.75) is 45.1 Å². The highest BCUT2D eigenvalue weighted by atomic mass is 16.5. The van der Waals surface area contributed by atoms with Crippen LogP contribution in [0.3, 0.4) is 0 Å². The average Bonchev–Trinajstić information content (AvgIpc) is 3.24. The molecule has 2 aliphatic rings. The summed E-state index contributed by atoms with van der Waals surface area (Å²) in [4.78, 5) is 25.4. The van der Waals surface area contributed by atoms with Crippen LogP contribution in [-0.2, 0) is 4.74 Å². The van der Waals surface area contributed by atoms with E-state index in [0.717, 1.165) is 50.2 Å². The smallest absolute Gasteiger partial charge is 0.282 e. The first kappa shape index (κ1) is 22.9. The molecule has 1 aromatic carbocycles. The number of aryl methyl sites for hydroxylation is 1. The highest BCUT2D eigenvalue weighted by Gasteiger charge is 2.27. The molecule has 0 bridgehead atoms. The molecule has 8 nitrogen and oxygen atoms in total. The number of hydrogen-bond donors (Lipinski definition) is 1. The van der Waals surface area contributed by atoms with Gasteiger partial charge in [0.2, 0.25) is 5.95 Å². The van der Waals surface area contributed by atoms with Gasteiger partial charge in [-0.05, 0) is 58.0 Å². The number of benzene rings is 1. The monoisotopic (exact) mass is 444 g/mol. The zero-order valence-corrected chi connectivity index (χ0v) is 19.8. The van der Waals surface area contributed by atoms with Gasteiger partial charge in [0.05, 0.1) is 31.7 Å². The zero-order chi connectivity index (χ0) is 22.7. The number of rotatable bonds is 8. The maximum atomic E-state index is 12.9. The number of piperidine rings is 1. The van der Waals surface area contributed by atoms with Crippen molar-refractivity contribution in [1.29, 1.82) is 0 Å². The predicted molar refractivity (Wildman–Crippen MR) is 126 cm³/mol. The van der Waals surface area contributed by atoms with Crippen LogP contribution in [0.4, 0.5) is 5.95 Å². The second-order valence-electron chi connectivity index (χ2n) is 9.03. The predicted octanol–water partition coefficient (Wildman–Crippen LogP) is 2.97. The molecule has 32 heavy (non-hydrogen) atoms. The van der Waals surface area contributed by atoms with E-state index in [1.807, 2.05) is 13.0 Å². The number of nitrogens with one attached hydrogen (secondary N) is 1. The number of hydrogen-bond acceptors (Lipinski definition) is 7. The maximum Gasteiger partial charge on any atom is 0.282 e. The molecule has 176 valence electrons. The largest absolute Gasteiger partial charge is 0.493 e. The first-order valence-corrected chi connectivity index (χ1v) is 11.7. The Morgan fingerprint density at radius 1 is 1.12 bits per heavy atom. The van der Waals surface area contributed by atoms with Gasteiger partial charge in [-0.15, -0.1) is 0 Å². The lowest BCUT2D eigenvalue weighted by molar-refractivity contribution is 0.110. The summed E-state index contributed by atoms with van der Waals surface area (Å²) in [7, 11) is 4.98. The number of aromatic amines is 1. The zero-order valence-electron chi connectivity index (χ0n) is 19.8. The molecule has 1 N–H and O–H groups in total. The summed E-state index contributed by atoms with van der Waals surface area (Å²) in [5, 5.41) is 0.553. The normalized spacial score (nSPS) is 20.2. The Morgan fingerprint density at radius 3 is 2.59 bits per heavy atom. The van der Waals surface area contributed by atoms with Crippen LogP contribution in [0, 0.1) is 12.8 Å². The van der Waals surface area contributed by atoms with Gasteiger partial charge >= 0.3 is 0 Å². The number of ether oxygens (including phenoxy) is 3. The van der Waals surface area contributed by atoms with E-state index in [2.05, 4.69) is 19.8 Å². The highest BCUT2D eigenvalue weighted by Crippen LogP contribution is 2.35. The molecular formula is C24H36N4O4. The number of fused-ring (bicyclic) bond motifs is 1. The van der Waals surface area contributed by atoms with Gasteiger partial charge in [0.1, 0.15) is 0 Å². The van der Waals surface area contributed by atoms with Crippen molar-refractivity contribution in [2.24, 2.45) is 5.92 Å². The standard InChI is InChI=1S/C24H36N4O4/c1-16-21-19(14-20(31-3)22(16)32-4)25-24(26-23(21)29)28-12-8-17(9-13-28)7-11-27-10-5-6-18(27)15-30-2/h14,17-18H,5-13,15H2,1-4H3,(H,25,26,29). The summed E-state index contributed by atoms with van der Waals surface area (Å²) in [6.07, 6.45) is 6.00. The van der Waals surface area contributed by atoms with Gasteiger partial charge in [-0.25, -0.2) is 0 Å². The Bertz CT molecular complexity index is 984. The van der Waals surface area contributed by atoms with E-state index in [1.54, 1.807) is 21.3 Å². The molecule has 3 heterocycles. The van der Waals surface area contributed by atoms with Crippen LogP contribution in [0.15, 0.2) is 10.9 Å². The molecular weight excluding hydrogens is 408 g/mol. The van der Waals surface area contributed by atoms with Crippen molar-refractivity contribution in [2.75, 3.05) is 59.0 Å². The third kappa shape index (κ3) is 4.57. The van der Waals surface area contributed by atoms with E-state index in [-0.39, 0.29) is 5.56 Å². The summed E-state index contributed by atoms with van der Waals surface area (Å²) in [6, 6.07) is 2.42. The number of methoxy groups -OCH3 is 3. The molecule has 0 aliphatic carbocycles. The van der Waals surface area contributed by atoms with Gasteiger partial charge in [0.15, 0.2) is 11.5 Å². The minimum atomic E-state index is -0.229. The molecule has 1 atom stereocenters. The number of H-pyrrole nitrogens is 1. The van der Waals surface area contributed by atoms with Gasteiger partial charge < -0.3 is 24.1 Å². The SMILES string of the molecule is COCC1CCCN1CCC1CCN(c2nc(=O)c3c(C)c(OC)c(OC)cc3[nH]2)CC1. The van der Waals surface area contributed by atoms with Crippen molar-refractivity contribution < 1.29 is 14.2 Å². The van der Waals surface area contributed by atoms with E-state index in [4.69, 9.17) is 14.2 Å². The molecule has 1 unspecified atom stereocenters. The lowest BCUT2D eigenvalue weighted by Gasteiger charge is -2.34. The van der Waals surface area contributed by atoms with E-state index in [0.29, 0.717) is 34.8 Å². The van der Waals surface area contributed by atoms with Gasteiger partial charge in [-0.2, -0.15) is 4.98 Å². The van der Waals surface area contributed by atoms with Gasteiger partial charge in [0.25, 0.3) is 5.56 Å². The van der Waals surface area contributed by atoms with Crippen LogP contribution in [0.2, 0.25) is 0 Å². The molecule has 2 aromatic rings. The summed E-state index contributed by atoms with van der Waals surface area (Å²) in [6.45, 7) is 6.88. The van der Waals surface area contributed by atoms with Crippen molar-refractivity contribution in [3.8, 4) is 11.5 Å². The maximum absolute atomic E-state index is 12.9. The third-order valence-corrected chi connectivity index (χ3v) is 7.17. The fourth-order valence-electron chi connectivity index (χ4n) is 5.35. The topological polar surface area (TPSA) is 79.9 Å². The van der Waals surface area contributed by atoms with Crippen molar-refractivity contribution in [1.82, 2.24) is 14.9 Å². The summed E-state index contributed by atoms with van der Waals surface area (Å²) < 4.78 is 16.3. The molecule has 8 heteroatoms. The second-order valence-corrected chi connectivity index (χ2v) is 9.03. The number of aromatic nitrogens is 2. The average molecular weight is 445 g/mol. The molecule has 1 aromatic heterocycles. The van der Waals surface area contributed by atoms with Crippen LogP contribution in [0.5, 0.6) is 11.5 Å². The second kappa shape index (κ2) is 10.1.